The third-order valence-corrected chi connectivity index (χ3v) is 2.73. The zero-order valence-electron chi connectivity index (χ0n) is 6.60. The molecule has 0 bridgehead atoms. The third kappa shape index (κ3) is 8.52. The summed E-state index contributed by atoms with van der Waals surface area (Å²) in [6.45, 7) is 2.85. The predicted molar refractivity (Wildman–Crippen MR) is 60.1 cm³/mol. The zero-order chi connectivity index (χ0) is 8.53. The van der Waals surface area contributed by atoms with Crippen molar-refractivity contribution in [3.63, 3.8) is 0 Å². The normalized spacial score (nSPS) is 9.27. The largest absolute Gasteiger partial charge is 0.356 e. The highest BCUT2D eigenvalue weighted by atomic mass is 127. The maximum atomic E-state index is 10.9. The van der Waals surface area contributed by atoms with Gasteiger partial charge >= 0.3 is 0 Å². The average Bonchev–Trinajstić information content (AvgIpc) is 2.01. The van der Waals surface area contributed by atoms with Gasteiger partial charge in [0.1, 0.15) is 0 Å². The van der Waals surface area contributed by atoms with E-state index in [0.29, 0.717) is 6.42 Å². The molecule has 0 rings (SSSR count). The Morgan fingerprint density at radius 1 is 1.73 bits per heavy atom. The van der Waals surface area contributed by atoms with Gasteiger partial charge in [0.2, 0.25) is 5.91 Å². The molecule has 0 fully saturated rings. The van der Waals surface area contributed by atoms with Crippen LogP contribution in [-0.2, 0) is 4.79 Å². The van der Waals surface area contributed by atoms with E-state index in [0.717, 1.165) is 18.7 Å². The number of hydrogen-bond acceptors (Lipinski definition) is 2. The van der Waals surface area contributed by atoms with Crippen LogP contribution in [-0.4, -0.2) is 22.6 Å². The smallest absolute Gasteiger partial charge is 0.275 e. The lowest BCUT2D eigenvalue weighted by Gasteiger charge is -2.01. The summed E-state index contributed by atoms with van der Waals surface area (Å²) in [6, 6.07) is 0. The lowest BCUT2D eigenvalue weighted by atomic mass is 10.4. The summed E-state index contributed by atoms with van der Waals surface area (Å²) in [7, 11) is 0. The molecule has 0 aromatic carbocycles. The van der Waals surface area contributed by atoms with E-state index in [1.54, 1.807) is 11.6 Å². The number of carbonyl (C=O) groups is 1. The van der Waals surface area contributed by atoms with Crippen LogP contribution < -0.4 is 5.32 Å². The van der Waals surface area contributed by atoms with Gasteiger partial charge in [0.15, 0.2) is 0 Å². The van der Waals surface area contributed by atoms with Gasteiger partial charge in [0.25, 0.3) is 4.41 Å². The number of halogens is 1. The van der Waals surface area contributed by atoms with Crippen molar-refractivity contribution < 1.29 is 4.79 Å². The van der Waals surface area contributed by atoms with Gasteiger partial charge in [-0.05, 0) is 12.2 Å². The van der Waals surface area contributed by atoms with Gasteiger partial charge < -0.3 is 5.32 Å². The molecule has 1 N–H and O–H groups in total. The summed E-state index contributed by atoms with van der Waals surface area (Å²) in [5.41, 5.74) is 0. The van der Waals surface area contributed by atoms with E-state index in [2.05, 4.69) is 27.7 Å². The first kappa shape index (κ1) is 11.6. The molecule has 2 nitrogen and oxygen atoms in total. The van der Waals surface area contributed by atoms with Crippen LogP contribution in [0.5, 0.6) is 0 Å². The Bertz CT molecular complexity index is 115. The molecule has 0 atom stereocenters. The highest BCUT2D eigenvalue weighted by Crippen LogP contribution is 2.02. The van der Waals surface area contributed by atoms with Crippen molar-refractivity contribution in [1.29, 1.82) is 0 Å². The lowest BCUT2D eigenvalue weighted by molar-refractivity contribution is -0.120. The van der Waals surface area contributed by atoms with Crippen LogP contribution in [0, 0.1) is 0 Å². The summed E-state index contributed by atoms with van der Waals surface area (Å²) in [5.74, 6) is 1.05. The topological polar surface area (TPSA) is 29.1 Å². The fourth-order valence-electron chi connectivity index (χ4n) is 0.549. The minimum Gasteiger partial charge on any atom is -0.356 e. The van der Waals surface area contributed by atoms with Gasteiger partial charge in [-0.1, -0.05) is 6.92 Å². The van der Waals surface area contributed by atoms with Crippen LogP contribution in [0.15, 0.2) is 0 Å². The Morgan fingerprint density at radius 3 is 3.00 bits per heavy atom. The first-order chi connectivity index (χ1) is 5.31. The molecule has 1 amide bonds. The molecule has 5 heteroatoms. The summed E-state index contributed by atoms with van der Waals surface area (Å²) in [6.07, 6.45) is 1.64. The van der Waals surface area contributed by atoms with Crippen LogP contribution in [0.2, 0.25) is 0 Å². The molecule has 0 aliphatic rings. The van der Waals surface area contributed by atoms with E-state index < -0.39 is 0 Å². The van der Waals surface area contributed by atoms with E-state index in [-0.39, 0.29) is 5.91 Å². The van der Waals surface area contributed by atoms with Gasteiger partial charge in [-0.15, -0.1) is 22.4 Å². The van der Waals surface area contributed by atoms with Crippen molar-refractivity contribution in [2.24, 2.45) is 0 Å². The van der Waals surface area contributed by atoms with Gasteiger partial charge in [0.05, 0.1) is 0 Å². The second kappa shape index (κ2) is 8.71. The van der Waals surface area contributed by atoms with Gasteiger partial charge in [-0.2, -0.15) is 0 Å². The van der Waals surface area contributed by atoms with Crippen LogP contribution >= 0.6 is 34.0 Å². The molecular weight excluding hydrogens is 272 g/mol. The standard InChI is InChI=1S/C6H12BINOS/c1-2-4-9-6(10)3-5-11-7-8/h2-5H2,1H3,(H,9,10). The Kier molecular flexibility index (Phi) is 9.20. The Labute approximate surface area is 86.3 Å². The molecule has 0 aromatic rings. The summed E-state index contributed by atoms with van der Waals surface area (Å²) >= 11 is 3.84. The molecular formula is C6H12BINOS. The highest BCUT2D eigenvalue weighted by Gasteiger charge is 1.98. The van der Waals surface area contributed by atoms with Crippen molar-refractivity contribution in [2.45, 2.75) is 19.8 Å². The first-order valence-corrected chi connectivity index (χ1v) is 5.91. The number of rotatable bonds is 6. The predicted octanol–water partition coefficient (Wildman–Crippen LogP) is 1.61. The van der Waals surface area contributed by atoms with Crippen molar-refractivity contribution in [2.75, 3.05) is 12.3 Å². The second-order valence-corrected chi connectivity index (χ2v) is 4.51. The fourth-order valence-corrected chi connectivity index (χ4v) is 1.70. The minimum absolute atomic E-state index is 0.164. The highest BCUT2D eigenvalue weighted by molar-refractivity contribution is 14.1. The first-order valence-electron chi connectivity index (χ1n) is 3.61. The number of carbonyl (C=O) groups excluding carboxylic acids is 1. The fraction of sp³-hybridized carbons (Fsp3) is 0.833. The van der Waals surface area contributed by atoms with Gasteiger partial charge in [0, 0.05) is 13.0 Å². The van der Waals surface area contributed by atoms with Crippen molar-refractivity contribution in [3.8, 4) is 0 Å². The summed E-state index contributed by atoms with van der Waals surface area (Å²) in [5, 5.41) is 2.82. The number of nitrogens with one attached hydrogen (secondary N) is 1. The van der Waals surface area contributed by atoms with Crippen molar-refractivity contribution in [1.82, 2.24) is 5.32 Å². The maximum absolute atomic E-state index is 10.9. The Balaban J connectivity index is 3.09. The molecule has 0 heterocycles. The number of hydrogen-bond donors (Lipinski definition) is 1. The molecule has 0 spiro atoms. The Hall–Kier alpha value is 0.615. The third-order valence-electron chi connectivity index (χ3n) is 1.08. The van der Waals surface area contributed by atoms with Gasteiger partial charge in [-0.25, -0.2) is 11.6 Å². The van der Waals surface area contributed by atoms with E-state index >= 15 is 0 Å². The molecule has 0 aliphatic heterocycles. The van der Waals surface area contributed by atoms with Crippen LogP contribution in [0.25, 0.3) is 0 Å². The lowest BCUT2D eigenvalue weighted by Crippen LogP contribution is -2.24. The SMILES string of the molecule is CCCNC(=O)CCS[B]I. The monoisotopic (exact) mass is 284 g/mol. The average molecular weight is 284 g/mol. The van der Waals surface area contributed by atoms with Crippen LogP contribution in [0.4, 0.5) is 0 Å². The van der Waals surface area contributed by atoms with E-state index in [4.69, 9.17) is 0 Å². The molecule has 0 unspecified atom stereocenters. The van der Waals surface area contributed by atoms with Gasteiger partial charge in [-0.3, -0.25) is 4.79 Å². The molecule has 0 aliphatic carbocycles. The number of amides is 1. The zero-order valence-corrected chi connectivity index (χ0v) is 9.57. The molecule has 1 radical (unpaired) electrons. The molecule has 0 aromatic heterocycles. The van der Waals surface area contributed by atoms with E-state index in [1.807, 2.05) is 11.3 Å². The molecule has 0 saturated heterocycles. The van der Waals surface area contributed by atoms with E-state index in [1.165, 1.54) is 0 Å². The summed E-state index contributed by atoms with van der Waals surface area (Å²) in [4.78, 5) is 10.9. The summed E-state index contributed by atoms with van der Waals surface area (Å²) < 4.78 is 1.98. The minimum atomic E-state index is 0.164. The van der Waals surface area contributed by atoms with Crippen molar-refractivity contribution in [3.05, 3.63) is 0 Å². The van der Waals surface area contributed by atoms with Crippen molar-refractivity contribution >= 4 is 44.3 Å². The maximum Gasteiger partial charge on any atom is 0.275 e. The van der Waals surface area contributed by atoms with Crippen LogP contribution in [0.1, 0.15) is 19.8 Å². The quantitative estimate of drug-likeness (QED) is 0.456. The molecule has 11 heavy (non-hydrogen) atoms. The Morgan fingerprint density at radius 2 is 2.45 bits per heavy atom. The molecule has 63 valence electrons. The van der Waals surface area contributed by atoms with E-state index in [9.17, 15) is 4.79 Å². The molecule has 0 saturated carbocycles. The second-order valence-electron chi connectivity index (χ2n) is 2.06. The van der Waals surface area contributed by atoms with Crippen LogP contribution in [0.3, 0.4) is 0 Å².